The normalized spacial score (nSPS) is 12.2. The largest absolute Gasteiger partial charge is 0.387 e. The molecule has 1 aromatic heterocycles. The van der Waals surface area contributed by atoms with E-state index in [1.165, 1.54) is 0 Å². The van der Waals surface area contributed by atoms with E-state index in [2.05, 4.69) is 10.3 Å². The highest BCUT2D eigenvalue weighted by molar-refractivity contribution is 6.30. The number of rotatable bonds is 6. The third kappa shape index (κ3) is 3.96. The van der Waals surface area contributed by atoms with Crippen molar-refractivity contribution in [2.75, 3.05) is 6.54 Å². The van der Waals surface area contributed by atoms with Crippen LogP contribution in [0.4, 0.5) is 0 Å². The van der Waals surface area contributed by atoms with Crippen LogP contribution in [0, 0.1) is 0 Å². The fourth-order valence-electron chi connectivity index (χ4n) is 2.69. The molecule has 0 saturated heterocycles. The molecule has 0 saturated carbocycles. The Kier molecular flexibility index (Phi) is 5.18. The maximum atomic E-state index is 12.0. The molecule has 0 aliphatic heterocycles. The van der Waals surface area contributed by atoms with Crippen molar-refractivity contribution in [1.82, 2.24) is 10.3 Å². The van der Waals surface area contributed by atoms with Crippen molar-refractivity contribution in [3.8, 4) is 0 Å². The molecule has 24 heavy (non-hydrogen) atoms. The summed E-state index contributed by atoms with van der Waals surface area (Å²) >= 11 is 5.82. The molecule has 124 valence electrons. The molecule has 0 radical (unpaired) electrons. The average molecular weight is 343 g/mol. The van der Waals surface area contributed by atoms with Crippen LogP contribution >= 0.6 is 11.6 Å². The van der Waals surface area contributed by atoms with Crippen LogP contribution in [-0.4, -0.2) is 22.5 Å². The summed E-state index contributed by atoms with van der Waals surface area (Å²) in [7, 11) is 0. The molecule has 3 rings (SSSR count). The lowest BCUT2D eigenvalue weighted by Gasteiger charge is -2.12. The minimum atomic E-state index is -0.737. The predicted molar refractivity (Wildman–Crippen MR) is 96.0 cm³/mol. The van der Waals surface area contributed by atoms with Crippen molar-refractivity contribution in [3.05, 3.63) is 70.9 Å². The summed E-state index contributed by atoms with van der Waals surface area (Å²) in [5.41, 5.74) is 2.93. The van der Waals surface area contributed by atoms with Gasteiger partial charge in [0, 0.05) is 35.1 Å². The Bertz CT molecular complexity index is 827. The van der Waals surface area contributed by atoms with Crippen LogP contribution in [0.2, 0.25) is 5.02 Å². The van der Waals surface area contributed by atoms with E-state index in [4.69, 9.17) is 11.6 Å². The van der Waals surface area contributed by atoms with E-state index in [-0.39, 0.29) is 12.5 Å². The summed E-state index contributed by atoms with van der Waals surface area (Å²) in [4.78, 5) is 15.2. The number of hydrogen-bond donors (Lipinski definition) is 3. The molecule has 1 heterocycles. The Morgan fingerprint density at radius 3 is 2.71 bits per heavy atom. The third-order valence-corrected chi connectivity index (χ3v) is 4.30. The third-order valence-electron chi connectivity index (χ3n) is 4.04. The Morgan fingerprint density at radius 2 is 1.92 bits per heavy atom. The summed E-state index contributed by atoms with van der Waals surface area (Å²) in [5.74, 6) is -0.0757. The van der Waals surface area contributed by atoms with Gasteiger partial charge in [0.05, 0.1) is 6.10 Å². The van der Waals surface area contributed by atoms with E-state index in [0.717, 1.165) is 22.0 Å². The van der Waals surface area contributed by atoms with Gasteiger partial charge < -0.3 is 15.4 Å². The summed E-state index contributed by atoms with van der Waals surface area (Å²) in [6.07, 6.45) is 2.25. The van der Waals surface area contributed by atoms with Crippen LogP contribution in [0.3, 0.4) is 0 Å². The number of aryl methyl sites for hydroxylation is 1. The lowest BCUT2D eigenvalue weighted by molar-refractivity contribution is -0.121. The number of nitrogens with one attached hydrogen (secondary N) is 2. The first kappa shape index (κ1) is 16.6. The lowest BCUT2D eigenvalue weighted by atomic mass is 10.1. The SMILES string of the molecule is O=C(CCc1c[nH]c2ccccc12)NC[C@H](O)c1ccc(Cl)cc1. The highest BCUT2D eigenvalue weighted by Gasteiger charge is 2.10. The number of amides is 1. The first-order chi connectivity index (χ1) is 11.6. The van der Waals surface area contributed by atoms with Gasteiger partial charge in [0.2, 0.25) is 5.91 Å². The fraction of sp³-hybridized carbons (Fsp3) is 0.211. The number of benzene rings is 2. The Hall–Kier alpha value is -2.30. The zero-order chi connectivity index (χ0) is 16.9. The number of hydrogen-bond acceptors (Lipinski definition) is 2. The van der Waals surface area contributed by atoms with Gasteiger partial charge in [0.1, 0.15) is 0 Å². The van der Waals surface area contributed by atoms with Crippen LogP contribution in [0.5, 0.6) is 0 Å². The molecular formula is C19H19ClN2O2. The van der Waals surface area contributed by atoms with Crippen molar-refractivity contribution < 1.29 is 9.90 Å². The number of fused-ring (bicyclic) bond motifs is 1. The van der Waals surface area contributed by atoms with Gasteiger partial charge in [0.25, 0.3) is 0 Å². The van der Waals surface area contributed by atoms with E-state index in [1.54, 1.807) is 24.3 Å². The van der Waals surface area contributed by atoms with Gasteiger partial charge >= 0.3 is 0 Å². The molecule has 2 aromatic carbocycles. The number of halogens is 1. The second kappa shape index (κ2) is 7.51. The zero-order valence-electron chi connectivity index (χ0n) is 13.1. The fourth-order valence-corrected chi connectivity index (χ4v) is 2.81. The Morgan fingerprint density at radius 1 is 1.17 bits per heavy atom. The van der Waals surface area contributed by atoms with Crippen LogP contribution in [0.15, 0.2) is 54.7 Å². The quantitative estimate of drug-likeness (QED) is 0.640. The second-order valence-corrected chi connectivity index (χ2v) is 6.17. The summed E-state index contributed by atoms with van der Waals surface area (Å²) < 4.78 is 0. The number of carbonyl (C=O) groups is 1. The van der Waals surface area contributed by atoms with Gasteiger partial charge in [-0.05, 0) is 35.7 Å². The molecule has 0 bridgehead atoms. The number of para-hydroxylation sites is 1. The Labute approximate surface area is 145 Å². The average Bonchev–Trinajstić information content (AvgIpc) is 3.01. The predicted octanol–water partition coefficient (Wildman–Crippen LogP) is 3.60. The van der Waals surface area contributed by atoms with Crippen molar-refractivity contribution in [1.29, 1.82) is 0 Å². The van der Waals surface area contributed by atoms with Crippen LogP contribution < -0.4 is 5.32 Å². The second-order valence-electron chi connectivity index (χ2n) is 5.73. The first-order valence-corrected chi connectivity index (χ1v) is 8.26. The van der Waals surface area contributed by atoms with E-state index in [9.17, 15) is 9.90 Å². The molecule has 0 spiro atoms. The van der Waals surface area contributed by atoms with E-state index in [1.807, 2.05) is 30.5 Å². The molecule has 1 atom stereocenters. The van der Waals surface area contributed by atoms with Gasteiger partial charge in [-0.2, -0.15) is 0 Å². The molecule has 3 aromatic rings. The molecule has 0 aliphatic carbocycles. The van der Waals surface area contributed by atoms with Crippen molar-refractivity contribution in [2.45, 2.75) is 18.9 Å². The monoisotopic (exact) mass is 342 g/mol. The molecule has 1 amide bonds. The number of aromatic nitrogens is 1. The van der Waals surface area contributed by atoms with Crippen molar-refractivity contribution in [2.24, 2.45) is 0 Å². The van der Waals surface area contributed by atoms with E-state index >= 15 is 0 Å². The van der Waals surface area contributed by atoms with E-state index in [0.29, 0.717) is 17.9 Å². The van der Waals surface area contributed by atoms with Crippen LogP contribution in [-0.2, 0) is 11.2 Å². The molecule has 3 N–H and O–H groups in total. The standard InChI is InChI=1S/C19H19ClN2O2/c20-15-8-5-13(6-9-15)18(23)12-22-19(24)10-7-14-11-21-17-4-2-1-3-16(14)17/h1-6,8-9,11,18,21,23H,7,10,12H2,(H,22,24)/t18-/m0/s1. The van der Waals surface area contributed by atoms with Gasteiger partial charge in [-0.15, -0.1) is 0 Å². The summed E-state index contributed by atoms with van der Waals surface area (Å²) in [5, 5.41) is 14.6. The highest BCUT2D eigenvalue weighted by Crippen LogP contribution is 2.19. The topological polar surface area (TPSA) is 65.1 Å². The zero-order valence-corrected chi connectivity index (χ0v) is 13.9. The Balaban J connectivity index is 1.50. The first-order valence-electron chi connectivity index (χ1n) is 7.88. The van der Waals surface area contributed by atoms with Crippen molar-refractivity contribution in [3.63, 3.8) is 0 Å². The van der Waals surface area contributed by atoms with Gasteiger partial charge in [-0.1, -0.05) is 41.9 Å². The summed E-state index contributed by atoms with van der Waals surface area (Å²) in [6, 6.07) is 15.0. The maximum absolute atomic E-state index is 12.0. The van der Waals surface area contributed by atoms with Crippen molar-refractivity contribution >= 4 is 28.4 Å². The molecule has 4 nitrogen and oxygen atoms in total. The van der Waals surface area contributed by atoms with Gasteiger partial charge in [-0.25, -0.2) is 0 Å². The number of aliphatic hydroxyl groups excluding tert-OH is 1. The lowest BCUT2D eigenvalue weighted by Crippen LogP contribution is -2.28. The van der Waals surface area contributed by atoms with E-state index < -0.39 is 6.10 Å². The number of aromatic amines is 1. The molecule has 0 unspecified atom stereocenters. The number of H-pyrrole nitrogens is 1. The minimum absolute atomic E-state index is 0.0757. The number of aliphatic hydroxyl groups is 1. The van der Waals surface area contributed by atoms with Crippen LogP contribution in [0.1, 0.15) is 23.7 Å². The molecular weight excluding hydrogens is 324 g/mol. The summed E-state index contributed by atoms with van der Waals surface area (Å²) in [6.45, 7) is 0.189. The smallest absolute Gasteiger partial charge is 0.220 e. The van der Waals surface area contributed by atoms with Crippen LogP contribution in [0.25, 0.3) is 10.9 Å². The molecule has 5 heteroatoms. The molecule has 0 fully saturated rings. The number of carbonyl (C=O) groups excluding carboxylic acids is 1. The maximum Gasteiger partial charge on any atom is 0.220 e. The van der Waals surface area contributed by atoms with Gasteiger partial charge in [0.15, 0.2) is 0 Å². The highest BCUT2D eigenvalue weighted by atomic mass is 35.5. The van der Waals surface area contributed by atoms with Gasteiger partial charge in [-0.3, -0.25) is 4.79 Å². The minimum Gasteiger partial charge on any atom is -0.387 e. The molecule has 0 aliphatic rings.